The molecular formula is C10H19F3N2O2. The quantitative estimate of drug-likeness (QED) is 0.724. The molecule has 0 aromatic heterocycles. The lowest BCUT2D eigenvalue weighted by molar-refractivity contribution is -0.150. The first-order valence-electron chi connectivity index (χ1n) is 5.30. The lowest BCUT2D eigenvalue weighted by atomic mass is 9.99. The smallest absolute Gasteiger partial charge is 0.401 e. The highest BCUT2D eigenvalue weighted by Gasteiger charge is 2.33. The van der Waals surface area contributed by atoms with Gasteiger partial charge in [-0.1, -0.05) is 0 Å². The van der Waals surface area contributed by atoms with E-state index in [0.717, 1.165) is 4.90 Å². The predicted molar refractivity (Wildman–Crippen MR) is 57.4 cm³/mol. The molecule has 0 saturated carbocycles. The minimum Gasteiger partial charge on any atom is -0.465 e. The van der Waals surface area contributed by atoms with Crippen LogP contribution >= 0.6 is 0 Å². The molecule has 0 aromatic rings. The van der Waals surface area contributed by atoms with Crippen LogP contribution in [0.4, 0.5) is 13.2 Å². The van der Waals surface area contributed by atoms with Crippen LogP contribution in [0.1, 0.15) is 20.3 Å². The van der Waals surface area contributed by atoms with Gasteiger partial charge in [-0.2, -0.15) is 13.2 Å². The van der Waals surface area contributed by atoms with Gasteiger partial charge in [0.15, 0.2) is 0 Å². The average molecular weight is 256 g/mol. The molecule has 17 heavy (non-hydrogen) atoms. The van der Waals surface area contributed by atoms with Crippen molar-refractivity contribution in [2.45, 2.75) is 32.0 Å². The molecule has 0 aromatic carbocycles. The fourth-order valence-electron chi connectivity index (χ4n) is 1.21. The Morgan fingerprint density at radius 3 is 2.35 bits per heavy atom. The first kappa shape index (κ1) is 16.2. The van der Waals surface area contributed by atoms with Gasteiger partial charge in [-0.3, -0.25) is 9.69 Å². The number of hydrogen-bond acceptors (Lipinski definition) is 4. The van der Waals surface area contributed by atoms with Crippen molar-refractivity contribution >= 4 is 5.97 Å². The molecule has 7 heteroatoms. The van der Waals surface area contributed by atoms with Gasteiger partial charge in [0.2, 0.25) is 0 Å². The second kappa shape index (κ2) is 6.20. The second-order valence-electron chi connectivity index (χ2n) is 4.24. The van der Waals surface area contributed by atoms with Crippen LogP contribution in [-0.4, -0.2) is 49.3 Å². The summed E-state index contributed by atoms with van der Waals surface area (Å²) in [6.07, 6.45) is -4.14. The zero-order valence-electron chi connectivity index (χ0n) is 10.3. The Morgan fingerprint density at radius 2 is 1.94 bits per heavy atom. The Morgan fingerprint density at radius 1 is 1.41 bits per heavy atom. The van der Waals surface area contributed by atoms with Gasteiger partial charge in [-0.25, -0.2) is 0 Å². The number of halogens is 3. The minimum atomic E-state index is -4.25. The van der Waals surface area contributed by atoms with Crippen LogP contribution in [0.5, 0.6) is 0 Å². The molecule has 1 atom stereocenters. The summed E-state index contributed by atoms with van der Waals surface area (Å²) in [4.78, 5) is 12.4. The highest BCUT2D eigenvalue weighted by molar-refractivity contribution is 5.79. The lowest BCUT2D eigenvalue weighted by Gasteiger charge is -2.25. The van der Waals surface area contributed by atoms with Crippen LogP contribution in [0.25, 0.3) is 0 Å². The molecule has 1 unspecified atom stereocenters. The first-order chi connectivity index (χ1) is 7.58. The molecule has 0 radical (unpaired) electrons. The number of ether oxygens (including phenoxy) is 1. The van der Waals surface area contributed by atoms with E-state index in [-0.39, 0.29) is 19.6 Å². The summed E-state index contributed by atoms with van der Waals surface area (Å²) in [5, 5.41) is 0. The van der Waals surface area contributed by atoms with E-state index < -0.39 is 24.2 Å². The van der Waals surface area contributed by atoms with Gasteiger partial charge in [-0.15, -0.1) is 0 Å². The Bertz CT molecular complexity index is 254. The van der Waals surface area contributed by atoms with Gasteiger partial charge < -0.3 is 10.5 Å². The van der Waals surface area contributed by atoms with E-state index in [1.807, 2.05) is 0 Å². The maximum Gasteiger partial charge on any atom is 0.401 e. The Hall–Kier alpha value is -0.820. The Balaban J connectivity index is 4.13. The van der Waals surface area contributed by atoms with Crippen molar-refractivity contribution in [3.8, 4) is 0 Å². The summed E-state index contributed by atoms with van der Waals surface area (Å²) in [5.41, 5.74) is 4.42. The minimum absolute atomic E-state index is 0.0747. The van der Waals surface area contributed by atoms with Crippen molar-refractivity contribution in [3.05, 3.63) is 0 Å². The molecule has 0 aliphatic carbocycles. The van der Waals surface area contributed by atoms with E-state index in [4.69, 9.17) is 10.5 Å². The highest BCUT2D eigenvalue weighted by atomic mass is 19.4. The zero-order chi connectivity index (χ0) is 13.7. The maximum absolute atomic E-state index is 12.0. The Labute approximate surface area is 98.9 Å². The summed E-state index contributed by atoms with van der Waals surface area (Å²) >= 11 is 0. The number of nitrogens with zero attached hydrogens (tertiary/aromatic N) is 1. The van der Waals surface area contributed by atoms with Gasteiger partial charge in [-0.05, 0) is 27.3 Å². The third kappa shape index (κ3) is 7.17. The molecule has 0 spiro atoms. The highest BCUT2D eigenvalue weighted by Crippen LogP contribution is 2.17. The van der Waals surface area contributed by atoms with E-state index in [2.05, 4.69) is 0 Å². The van der Waals surface area contributed by atoms with Crippen molar-refractivity contribution in [1.29, 1.82) is 0 Å². The van der Waals surface area contributed by atoms with E-state index in [1.165, 1.54) is 14.0 Å². The predicted octanol–water partition coefficient (Wildman–Crippen LogP) is 1.15. The molecule has 0 fully saturated rings. The number of carbonyl (C=O) groups excluding carboxylic acids is 1. The van der Waals surface area contributed by atoms with Gasteiger partial charge in [0.05, 0.1) is 13.2 Å². The van der Waals surface area contributed by atoms with Crippen molar-refractivity contribution < 1.29 is 22.7 Å². The molecule has 0 aliphatic heterocycles. The summed E-state index contributed by atoms with van der Waals surface area (Å²) in [6.45, 7) is 2.34. The molecule has 0 saturated heterocycles. The number of esters is 1. The van der Waals surface area contributed by atoms with E-state index in [1.54, 1.807) is 6.92 Å². The van der Waals surface area contributed by atoms with Gasteiger partial charge >= 0.3 is 12.1 Å². The summed E-state index contributed by atoms with van der Waals surface area (Å²) in [7, 11) is 1.33. The number of hydrogen-bond donors (Lipinski definition) is 1. The standard InChI is InChI=1S/C10H19F3N2O2/c1-4-17-8(16)9(2,14)5-6-15(3)7-10(11,12)13/h4-7,14H2,1-3H3. The van der Waals surface area contributed by atoms with Crippen LogP contribution in [0.3, 0.4) is 0 Å². The number of carbonyl (C=O) groups is 1. The zero-order valence-corrected chi connectivity index (χ0v) is 10.3. The monoisotopic (exact) mass is 256 g/mol. The summed E-state index contributed by atoms with van der Waals surface area (Å²) in [6, 6.07) is 0. The normalized spacial score (nSPS) is 15.8. The fraction of sp³-hybridized carbons (Fsp3) is 0.900. The van der Waals surface area contributed by atoms with Gasteiger partial charge in [0, 0.05) is 6.54 Å². The topological polar surface area (TPSA) is 55.6 Å². The average Bonchev–Trinajstić information content (AvgIpc) is 2.12. The molecule has 0 bridgehead atoms. The van der Waals surface area contributed by atoms with Crippen LogP contribution in [-0.2, 0) is 9.53 Å². The third-order valence-electron chi connectivity index (χ3n) is 2.20. The molecule has 0 rings (SSSR count). The number of alkyl halides is 3. The fourth-order valence-corrected chi connectivity index (χ4v) is 1.21. The Kier molecular flexibility index (Phi) is 5.91. The van der Waals surface area contributed by atoms with Crippen molar-refractivity contribution in [2.24, 2.45) is 5.73 Å². The van der Waals surface area contributed by atoms with Crippen LogP contribution in [0, 0.1) is 0 Å². The van der Waals surface area contributed by atoms with Crippen LogP contribution in [0.15, 0.2) is 0 Å². The summed E-state index contributed by atoms with van der Waals surface area (Å²) in [5.74, 6) is -0.597. The number of rotatable bonds is 6. The molecule has 4 nitrogen and oxygen atoms in total. The van der Waals surface area contributed by atoms with E-state index >= 15 is 0 Å². The van der Waals surface area contributed by atoms with Crippen molar-refractivity contribution in [2.75, 3.05) is 26.7 Å². The molecule has 102 valence electrons. The molecule has 0 amide bonds. The lowest BCUT2D eigenvalue weighted by Crippen LogP contribution is -2.48. The number of nitrogens with two attached hydrogens (primary N) is 1. The second-order valence-corrected chi connectivity index (χ2v) is 4.24. The third-order valence-corrected chi connectivity index (χ3v) is 2.20. The summed E-state index contributed by atoms with van der Waals surface area (Å²) < 4.78 is 40.9. The van der Waals surface area contributed by atoms with Crippen molar-refractivity contribution in [1.82, 2.24) is 4.90 Å². The molecule has 2 N–H and O–H groups in total. The molecule has 0 heterocycles. The van der Waals surface area contributed by atoms with Gasteiger partial charge in [0.1, 0.15) is 5.54 Å². The first-order valence-corrected chi connectivity index (χ1v) is 5.30. The van der Waals surface area contributed by atoms with Crippen LogP contribution < -0.4 is 5.73 Å². The molecular weight excluding hydrogens is 237 g/mol. The largest absolute Gasteiger partial charge is 0.465 e. The molecule has 0 aliphatic rings. The van der Waals surface area contributed by atoms with E-state index in [0.29, 0.717) is 0 Å². The maximum atomic E-state index is 12.0. The van der Waals surface area contributed by atoms with Crippen molar-refractivity contribution in [3.63, 3.8) is 0 Å². The van der Waals surface area contributed by atoms with Crippen LogP contribution in [0.2, 0.25) is 0 Å². The van der Waals surface area contributed by atoms with Gasteiger partial charge in [0.25, 0.3) is 0 Å². The van der Waals surface area contributed by atoms with E-state index in [9.17, 15) is 18.0 Å². The SMILES string of the molecule is CCOC(=O)C(C)(N)CCN(C)CC(F)(F)F.